The van der Waals surface area contributed by atoms with Crippen LogP contribution in [0.5, 0.6) is 0 Å². The van der Waals surface area contributed by atoms with Crippen LogP contribution in [0.1, 0.15) is 33.1 Å². The molecule has 0 saturated heterocycles. The molecule has 0 fully saturated rings. The number of Topliss-reactive ketones (excluding diaryl/α,β-unsaturated/α-hetero) is 1. The van der Waals surface area contributed by atoms with E-state index in [9.17, 15) is 4.79 Å². The van der Waals surface area contributed by atoms with E-state index in [0.29, 0.717) is 19.6 Å². The third-order valence-corrected chi connectivity index (χ3v) is 1.67. The molecule has 0 radical (unpaired) electrons. The normalized spacial score (nSPS) is 10.3. The maximum absolute atomic E-state index is 10.8. The second-order valence-electron chi connectivity index (χ2n) is 2.91. The van der Waals surface area contributed by atoms with Gasteiger partial charge in [-0.05, 0) is 6.42 Å². The molecule has 0 bridgehead atoms. The summed E-state index contributed by atoms with van der Waals surface area (Å²) in [4.78, 5) is 10.8. The van der Waals surface area contributed by atoms with E-state index in [0.717, 1.165) is 19.4 Å². The Morgan fingerprint density at radius 1 is 1.08 bits per heavy atom. The summed E-state index contributed by atoms with van der Waals surface area (Å²) in [5.41, 5.74) is 0. The molecule has 0 amide bonds. The van der Waals surface area contributed by atoms with Gasteiger partial charge in [-0.3, -0.25) is 4.79 Å². The number of ether oxygens (including phenoxy) is 2. The topological polar surface area (TPSA) is 35.5 Å². The fourth-order valence-electron chi connectivity index (χ4n) is 0.754. The minimum atomic E-state index is 0.147. The molecule has 0 aromatic rings. The van der Waals surface area contributed by atoms with Crippen molar-refractivity contribution in [1.29, 1.82) is 0 Å². The maximum atomic E-state index is 10.8. The van der Waals surface area contributed by atoms with Gasteiger partial charge in [0.15, 0.2) is 5.78 Å². The lowest BCUT2D eigenvalue weighted by Crippen LogP contribution is -2.11. The molecule has 3 nitrogen and oxygen atoms in total. The molecule has 0 aliphatic rings. The Hall–Kier alpha value is -0.410. The summed E-state index contributed by atoms with van der Waals surface area (Å²) in [7, 11) is 0. The number of rotatable bonds is 9. The van der Waals surface area contributed by atoms with Crippen molar-refractivity contribution in [3.63, 3.8) is 0 Å². The van der Waals surface area contributed by atoms with Crippen LogP contribution < -0.4 is 0 Å². The van der Waals surface area contributed by atoms with Gasteiger partial charge in [0, 0.05) is 13.0 Å². The van der Waals surface area contributed by atoms with Crippen molar-refractivity contribution in [2.75, 3.05) is 26.4 Å². The fourth-order valence-corrected chi connectivity index (χ4v) is 0.754. The van der Waals surface area contributed by atoms with Crippen molar-refractivity contribution < 1.29 is 14.3 Å². The lowest BCUT2D eigenvalue weighted by Gasteiger charge is -2.03. The minimum Gasteiger partial charge on any atom is -0.379 e. The van der Waals surface area contributed by atoms with Crippen LogP contribution in [0.4, 0.5) is 0 Å². The fraction of sp³-hybridized carbons (Fsp3) is 0.900. The standard InChI is InChI=1S/C10H20O3/c1-3-5-6-12-7-8-13-9-10(11)4-2/h3-9H2,1-2H3. The average Bonchev–Trinajstić information content (AvgIpc) is 2.16. The molecular weight excluding hydrogens is 168 g/mol. The first-order valence-corrected chi connectivity index (χ1v) is 4.98. The molecule has 0 aromatic heterocycles. The molecule has 0 atom stereocenters. The highest BCUT2D eigenvalue weighted by molar-refractivity contribution is 5.79. The van der Waals surface area contributed by atoms with Crippen molar-refractivity contribution in [2.24, 2.45) is 0 Å². The van der Waals surface area contributed by atoms with E-state index in [1.165, 1.54) is 0 Å². The first kappa shape index (κ1) is 12.6. The molecule has 3 heteroatoms. The summed E-state index contributed by atoms with van der Waals surface area (Å²) in [6.45, 7) is 6.10. The molecule has 0 unspecified atom stereocenters. The Bertz CT molecular complexity index is 123. The number of ketones is 1. The molecule has 78 valence electrons. The van der Waals surface area contributed by atoms with Gasteiger partial charge in [-0.2, -0.15) is 0 Å². The summed E-state index contributed by atoms with van der Waals surface area (Å²) >= 11 is 0. The van der Waals surface area contributed by atoms with Gasteiger partial charge in [-0.25, -0.2) is 0 Å². The van der Waals surface area contributed by atoms with Crippen LogP contribution in [-0.2, 0) is 14.3 Å². The Kier molecular flexibility index (Phi) is 9.37. The second-order valence-corrected chi connectivity index (χ2v) is 2.91. The van der Waals surface area contributed by atoms with Crippen molar-refractivity contribution in [2.45, 2.75) is 33.1 Å². The molecule has 0 rings (SSSR count). The number of hydrogen-bond acceptors (Lipinski definition) is 3. The Balaban J connectivity index is 2.95. The largest absolute Gasteiger partial charge is 0.379 e. The third kappa shape index (κ3) is 9.50. The van der Waals surface area contributed by atoms with Gasteiger partial charge in [-0.1, -0.05) is 20.3 Å². The first-order chi connectivity index (χ1) is 6.31. The lowest BCUT2D eigenvalue weighted by atomic mass is 10.3. The van der Waals surface area contributed by atoms with Crippen LogP contribution >= 0.6 is 0 Å². The molecule has 0 N–H and O–H groups in total. The third-order valence-electron chi connectivity index (χ3n) is 1.67. The number of carbonyl (C=O) groups excluding carboxylic acids is 1. The zero-order chi connectivity index (χ0) is 9.94. The van der Waals surface area contributed by atoms with Gasteiger partial charge < -0.3 is 9.47 Å². The van der Waals surface area contributed by atoms with Gasteiger partial charge in [0.25, 0.3) is 0 Å². The Morgan fingerprint density at radius 2 is 1.77 bits per heavy atom. The predicted octanol–water partition coefficient (Wildman–Crippen LogP) is 1.80. The monoisotopic (exact) mass is 188 g/mol. The molecule has 0 heterocycles. The van der Waals surface area contributed by atoms with Crippen LogP contribution in [0.3, 0.4) is 0 Å². The van der Waals surface area contributed by atoms with Crippen LogP contribution in [-0.4, -0.2) is 32.2 Å². The van der Waals surface area contributed by atoms with Crippen molar-refractivity contribution in [3.8, 4) is 0 Å². The van der Waals surface area contributed by atoms with Crippen molar-refractivity contribution in [3.05, 3.63) is 0 Å². The molecule has 0 aliphatic carbocycles. The highest BCUT2D eigenvalue weighted by Crippen LogP contribution is 1.88. The molecule has 0 saturated carbocycles. The van der Waals surface area contributed by atoms with E-state index >= 15 is 0 Å². The summed E-state index contributed by atoms with van der Waals surface area (Å²) in [6.07, 6.45) is 2.79. The van der Waals surface area contributed by atoms with Crippen molar-refractivity contribution in [1.82, 2.24) is 0 Å². The van der Waals surface area contributed by atoms with E-state index < -0.39 is 0 Å². The predicted molar refractivity (Wildman–Crippen MR) is 51.8 cm³/mol. The number of unbranched alkanes of at least 4 members (excludes halogenated alkanes) is 1. The summed E-state index contributed by atoms with van der Waals surface area (Å²) in [5.74, 6) is 0.147. The van der Waals surface area contributed by atoms with E-state index in [-0.39, 0.29) is 12.4 Å². The first-order valence-electron chi connectivity index (χ1n) is 4.98. The summed E-state index contributed by atoms with van der Waals surface area (Å²) in [6, 6.07) is 0. The Labute approximate surface area is 80.4 Å². The zero-order valence-corrected chi connectivity index (χ0v) is 8.67. The van der Waals surface area contributed by atoms with E-state index in [1.807, 2.05) is 6.92 Å². The Morgan fingerprint density at radius 3 is 2.38 bits per heavy atom. The van der Waals surface area contributed by atoms with Gasteiger partial charge in [-0.15, -0.1) is 0 Å². The molecule has 0 spiro atoms. The highest BCUT2D eigenvalue weighted by atomic mass is 16.5. The quantitative estimate of drug-likeness (QED) is 0.517. The highest BCUT2D eigenvalue weighted by Gasteiger charge is 1.96. The second kappa shape index (κ2) is 9.68. The van der Waals surface area contributed by atoms with Gasteiger partial charge in [0.2, 0.25) is 0 Å². The van der Waals surface area contributed by atoms with Gasteiger partial charge in [0.1, 0.15) is 6.61 Å². The van der Waals surface area contributed by atoms with E-state index in [1.54, 1.807) is 0 Å². The summed E-state index contributed by atoms with van der Waals surface area (Å²) < 4.78 is 10.3. The van der Waals surface area contributed by atoms with E-state index in [2.05, 4.69) is 6.92 Å². The van der Waals surface area contributed by atoms with Gasteiger partial charge in [0.05, 0.1) is 13.2 Å². The van der Waals surface area contributed by atoms with Crippen LogP contribution in [0.25, 0.3) is 0 Å². The van der Waals surface area contributed by atoms with Crippen LogP contribution in [0.2, 0.25) is 0 Å². The molecular formula is C10H20O3. The van der Waals surface area contributed by atoms with Crippen LogP contribution in [0, 0.1) is 0 Å². The summed E-state index contributed by atoms with van der Waals surface area (Å²) in [5, 5.41) is 0. The molecule has 0 aliphatic heterocycles. The van der Waals surface area contributed by atoms with Gasteiger partial charge >= 0.3 is 0 Å². The average molecular weight is 188 g/mol. The van der Waals surface area contributed by atoms with Crippen LogP contribution in [0.15, 0.2) is 0 Å². The maximum Gasteiger partial charge on any atom is 0.158 e. The van der Waals surface area contributed by atoms with E-state index in [4.69, 9.17) is 9.47 Å². The molecule has 0 aromatic carbocycles. The lowest BCUT2D eigenvalue weighted by molar-refractivity contribution is -0.123. The van der Waals surface area contributed by atoms with Crippen molar-refractivity contribution >= 4 is 5.78 Å². The molecule has 13 heavy (non-hydrogen) atoms. The smallest absolute Gasteiger partial charge is 0.158 e. The minimum absolute atomic E-state index is 0.147. The SMILES string of the molecule is CCCCOCCOCC(=O)CC. The number of hydrogen-bond donors (Lipinski definition) is 0. The number of carbonyl (C=O) groups is 1. The zero-order valence-electron chi connectivity index (χ0n) is 8.67.